The Bertz CT molecular complexity index is 550. The number of aliphatic hydroxyl groups is 1. The number of nitrogens with zero attached hydrogens (tertiary/aromatic N) is 2. The van der Waals surface area contributed by atoms with Gasteiger partial charge in [-0.25, -0.2) is 0 Å². The van der Waals surface area contributed by atoms with E-state index in [0.29, 0.717) is 11.7 Å². The fraction of sp³-hybridized carbons (Fsp3) is 0.267. The van der Waals surface area contributed by atoms with E-state index in [1.54, 1.807) is 24.8 Å². The summed E-state index contributed by atoms with van der Waals surface area (Å²) in [6, 6.07) is 7.94. The van der Waals surface area contributed by atoms with Gasteiger partial charge in [0, 0.05) is 31.3 Å². The third kappa shape index (κ3) is 5.09. The van der Waals surface area contributed by atoms with Gasteiger partial charge in [-0.15, -0.1) is 0 Å². The molecular weight excluding hydrogens is 284 g/mol. The van der Waals surface area contributed by atoms with Crippen molar-refractivity contribution in [3.63, 3.8) is 0 Å². The maximum absolute atomic E-state index is 8.84. The van der Waals surface area contributed by atoms with E-state index in [4.69, 9.17) is 17.3 Å². The molecule has 2 aromatic rings. The monoisotopic (exact) mass is 302 g/mol. The van der Waals surface area contributed by atoms with Gasteiger partial charge in [0.05, 0.1) is 12.6 Å². The second kappa shape index (κ2) is 8.28. The van der Waals surface area contributed by atoms with Crippen molar-refractivity contribution in [3.8, 4) is 0 Å². The lowest BCUT2D eigenvalue weighted by Gasteiger charge is -2.21. The summed E-state index contributed by atoms with van der Waals surface area (Å²) in [5.74, 6) is 0. The first-order valence-electron chi connectivity index (χ1n) is 6.73. The minimum atomic E-state index is 0.0362. The Morgan fingerprint density at radius 3 is 2.33 bits per heavy atom. The Hall–Kier alpha value is -2.05. The predicted molar refractivity (Wildman–Crippen MR) is 85.7 cm³/mol. The van der Waals surface area contributed by atoms with Crippen LogP contribution in [0.15, 0.2) is 49.1 Å². The summed E-state index contributed by atoms with van der Waals surface area (Å²) < 4.78 is 0. The van der Waals surface area contributed by atoms with Crippen LogP contribution in [0.25, 0.3) is 0 Å². The van der Waals surface area contributed by atoms with Gasteiger partial charge in [-0.2, -0.15) is 0 Å². The van der Waals surface area contributed by atoms with Crippen molar-refractivity contribution in [2.45, 2.75) is 12.5 Å². The molecule has 0 fully saturated rings. The minimum Gasteiger partial charge on any atom is -0.395 e. The first kappa shape index (κ1) is 15.3. The molecule has 3 N–H and O–H groups in total. The lowest BCUT2D eigenvalue weighted by atomic mass is 10.0. The summed E-state index contributed by atoms with van der Waals surface area (Å²) in [7, 11) is 0. The predicted octanol–water partition coefficient (Wildman–Crippen LogP) is 1.22. The molecule has 0 radical (unpaired) electrons. The zero-order valence-corrected chi connectivity index (χ0v) is 12.4. The molecular formula is C15H18N4OS. The van der Waals surface area contributed by atoms with Crippen molar-refractivity contribution in [1.82, 2.24) is 20.6 Å². The van der Waals surface area contributed by atoms with E-state index in [1.165, 1.54) is 5.56 Å². The summed E-state index contributed by atoms with van der Waals surface area (Å²) in [6.07, 6.45) is 7.87. The van der Waals surface area contributed by atoms with Crippen LogP contribution in [0.5, 0.6) is 0 Å². The highest BCUT2D eigenvalue weighted by Gasteiger charge is 2.13. The maximum Gasteiger partial charge on any atom is 0.166 e. The zero-order valence-electron chi connectivity index (χ0n) is 11.6. The van der Waals surface area contributed by atoms with Crippen LogP contribution >= 0.6 is 12.2 Å². The van der Waals surface area contributed by atoms with Gasteiger partial charge in [-0.05, 0) is 54.0 Å². The Morgan fingerprint density at radius 2 is 1.71 bits per heavy atom. The molecule has 2 aromatic heterocycles. The van der Waals surface area contributed by atoms with E-state index < -0.39 is 0 Å². The average molecular weight is 302 g/mol. The van der Waals surface area contributed by atoms with Crippen LogP contribution in [0.1, 0.15) is 17.2 Å². The number of aromatic nitrogens is 2. The standard InChI is InChI=1S/C15H18N4OS/c20-10-9-18-15(21)19-14(13-3-7-17-8-4-13)11-12-1-5-16-6-2-12/h1-8,14,20H,9-11H2,(H2,18,19,21). The highest BCUT2D eigenvalue weighted by atomic mass is 32.1. The number of pyridine rings is 2. The number of rotatable bonds is 6. The zero-order chi connectivity index (χ0) is 14.9. The second-order valence-electron chi connectivity index (χ2n) is 4.52. The number of thiocarbonyl (C=S) groups is 1. The highest BCUT2D eigenvalue weighted by molar-refractivity contribution is 7.80. The maximum atomic E-state index is 8.84. The van der Waals surface area contributed by atoms with Crippen LogP contribution in [-0.4, -0.2) is 33.3 Å². The fourth-order valence-corrected chi connectivity index (χ4v) is 2.23. The molecule has 0 bridgehead atoms. The van der Waals surface area contributed by atoms with E-state index in [-0.39, 0.29) is 12.6 Å². The fourth-order valence-electron chi connectivity index (χ4n) is 1.98. The van der Waals surface area contributed by atoms with E-state index in [2.05, 4.69) is 20.6 Å². The number of nitrogens with one attached hydrogen (secondary N) is 2. The van der Waals surface area contributed by atoms with Crippen molar-refractivity contribution in [3.05, 3.63) is 60.2 Å². The Balaban J connectivity index is 2.09. The van der Waals surface area contributed by atoms with Gasteiger partial charge in [-0.3, -0.25) is 9.97 Å². The summed E-state index contributed by atoms with van der Waals surface area (Å²) in [5, 5.41) is 15.6. The number of aliphatic hydroxyl groups excluding tert-OH is 1. The molecule has 1 atom stereocenters. The molecule has 0 aromatic carbocycles. The quantitative estimate of drug-likeness (QED) is 0.697. The van der Waals surface area contributed by atoms with Crippen LogP contribution in [-0.2, 0) is 6.42 Å². The van der Waals surface area contributed by atoms with Crippen LogP contribution in [0.3, 0.4) is 0 Å². The number of hydrogen-bond donors (Lipinski definition) is 3. The van der Waals surface area contributed by atoms with E-state index in [9.17, 15) is 0 Å². The van der Waals surface area contributed by atoms with Gasteiger partial charge < -0.3 is 15.7 Å². The van der Waals surface area contributed by atoms with Gasteiger partial charge in [-0.1, -0.05) is 0 Å². The Labute approximate surface area is 129 Å². The van der Waals surface area contributed by atoms with E-state index in [1.807, 2.05) is 24.3 Å². The third-order valence-electron chi connectivity index (χ3n) is 3.00. The molecule has 0 aliphatic carbocycles. The van der Waals surface area contributed by atoms with Gasteiger partial charge in [0.2, 0.25) is 0 Å². The summed E-state index contributed by atoms with van der Waals surface area (Å²) in [5.41, 5.74) is 2.28. The lowest BCUT2D eigenvalue weighted by Crippen LogP contribution is -2.39. The molecule has 2 heterocycles. The molecule has 6 heteroatoms. The normalized spacial score (nSPS) is 11.7. The number of hydrogen-bond acceptors (Lipinski definition) is 4. The topological polar surface area (TPSA) is 70.1 Å². The molecule has 0 aliphatic heterocycles. The molecule has 0 aliphatic rings. The van der Waals surface area contributed by atoms with Crippen molar-refractivity contribution in [2.24, 2.45) is 0 Å². The smallest absolute Gasteiger partial charge is 0.166 e. The third-order valence-corrected chi connectivity index (χ3v) is 3.26. The largest absolute Gasteiger partial charge is 0.395 e. The Kier molecular flexibility index (Phi) is 6.05. The molecule has 1 unspecified atom stereocenters. The molecule has 2 rings (SSSR count). The van der Waals surface area contributed by atoms with Crippen molar-refractivity contribution in [1.29, 1.82) is 0 Å². The molecule has 110 valence electrons. The Morgan fingerprint density at radius 1 is 1.10 bits per heavy atom. The minimum absolute atomic E-state index is 0.0362. The molecule has 0 saturated carbocycles. The van der Waals surface area contributed by atoms with Crippen LogP contribution in [0.2, 0.25) is 0 Å². The SMILES string of the molecule is OCCNC(=S)NC(Cc1ccncc1)c1ccncc1. The highest BCUT2D eigenvalue weighted by Crippen LogP contribution is 2.17. The van der Waals surface area contributed by atoms with Crippen LogP contribution < -0.4 is 10.6 Å². The first-order valence-corrected chi connectivity index (χ1v) is 7.14. The lowest BCUT2D eigenvalue weighted by molar-refractivity contribution is 0.300. The molecule has 0 saturated heterocycles. The van der Waals surface area contributed by atoms with Crippen molar-refractivity contribution < 1.29 is 5.11 Å². The van der Waals surface area contributed by atoms with Crippen molar-refractivity contribution in [2.75, 3.05) is 13.2 Å². The van der Waals surface area contributed by atoms with Gasteiger partial charge >= 0.3 is 0 Å². The van der Waals surface area contributed by atoms with Crippen LogP contribution in [0.4, 0.5) is 0 Å². The molecule has 5 nitrogen and oxygen atoms in total. The second-order valence-corrected chi connectivity index (χ2v) is 4.92. The molecule has 0 spiro atoms. The summed E-state index contributed by atoms with van der Waals surface area (Å²) in [4.78, 5) is 8.07. The summed E-state index contributed by atoms with van der Waals surface area (Å²) >= 11 is 5.25. The molecule has 0 amide bonds. The van der Waals surface area contributed by atoms with E-state index >= 15 is 0 Å². The van der Waals surface area contributed by atoms with Crippen molar-refractivity contribution >= 4 is 17.3 Å². The summed E-state index contributed by atoms with van der Waals surface area (Å²) in [6.45, 7) is 0.482. The van der Waals surface area contributed by atoms with E-state index in [0.717, 1.165) is 12.0 Å². The van der Waals surface area contributed by atoms with Crippen LogP contribution in [0, 0.1) is 0 Å². The molecule has 21 heavy (non-hydrogen) atoms. The van der Waals surface area contributed by atoms with Gasteiger partial charge in [0.25, 0.3) is 0 Å². The first-order chi connectivity index (χ1) is 10.3. The van der Waals surface area contributed by atoms with Gasteiger partial charge in [0.15, 0.2) is 5.11 Å². The van der Waals surface area contributed by atoms with Gasteiger partial charge in [0.1, 0.15) is 0 Å². The average Bonchev–Trinajstić information content (AvgIpc) is 2.54.